The number of nitrogens with zero attached hydrogens (tertiary/aromatic N) is 1. The Labute approximate surface area is 91.8 Å². The van der Waals surface area contributed by atoms with E-state index in [0.717, 1.165) is 0 Å². The average Bonchev–Trinajstić information content (AvgIpc) is 2.06. The maximum Gasteiger partial charge on any atom is 0.407 e. The van der Waals surface area contributed by atoms with E-state index in [1.54, 1.807) is 0 Å². The Kier molecular flexibility index (Phi) is 3.20. The van der Waals surface area contributed by atoms with Gasteiger partial charge >= 0.3 is 6.18 Å². The van der Waals surface area contributed by atoms with Gasteiger partial charge in [-0.1, -0.05) is 0 Å². The molecule has 0 aromatic carbocycles. The summed E-state index contributed by atoms with van der Waals surface area (Å²) in [6, 6.07) is -0.800. The number of nitrogen functional groups attached to an aromatic ring is 1. The van der Waals surface area contributed by atoms with E-state index < -0.39 is 12.2 Å². The van der Waals surface area contributed by atoms with E-state index in [9.17, 15) is 13.2 Å². The summed E-state index contributed by atoms with van der Waals surface area (Å²) in [5, 5.41) is 0. The third-order valence-corrected chi connectivity index (χ3v) is 2.19. The lowest BCUT2D eigenvalue weighted by molar-refractivity contribution is -0.149. The van der Waals surface area contributed by atoms with Crippen LogP contribution in [0.2, 0.25) is 0 Å². The summed E-state index contributed by atoms with van der Waals surface area (Å²) < 4.78 is 37.3. The third kappa shape index (κ3) is 2.47. The number of alkyl halides is 3. The van der Waals surface area contributed by atoms with Crippen molar-refractivity contribution >= 4 is 28.4 Å². The lowest BCUT2D eigenvalue weighted by atomic mass is 10.1. The number of anilines is 1. The normalized spacial score (nSPS) is 14.1. The smallest absolute Gasteiger partial charge is 0.383 e. The summed E-state index contributed by atoms with van der Waals surface area (Å²) in [6.07, 6.45) is -3.12. The molecule has 14 heavy (non-hydrogen) atoms. The predicted molar refractivity (Wildman–Crippen MR) is 54.3 cm³/mol. The van der Waals surface area contributed by atoms with Crippen LogP contribution in [0.3, 0.4) is 0 Å². The lowest BCUT2D eigenvalue weighted by Crippen LogP contribution is -2.29. The number of rotatable bonds is 1. The Bertz CT molecular complexity index is 339. The van der Waals surface area contributed by atoms with Crippen LogP contribution in [0.1, 0.15) is 11.6 Å². The van der Waals surface area contributed by atoms with E-state index in [-0.39, 0.29) is 11.4 Å². The molecule has 1 heterocycles. The van der Waals surface area contributed by atoms with Crippen molar-refractivity contribution in [2.45, 2.75) is 12.2 Å². The number of nitrogens with two attached hydrogens (primary N) is 2. The molecule has 0 aliphatic carbocycles. The van der Waals surface area contributed by atoms with Crippen molar-refractivity contribution in [3.63, 3.8) is 0 Å². The van der Waals surface area contributed by atoms with Crippen LogP contribution >= 0.6 is 22.6 Å². The number of hydrogen-bond donors (Lipinski definition) is 2. The number of aromatic nitrogens is 1. The van der Waals surface area contributed by atoms with Gasteiger partial charge in [-0.25, -0.2) is 4.98 Å². The van der Waals surface area contributed by atoms with Crippen molar-refractivity contribution in [2.75, 3.05) is 5.73 Å². The summed E-state index contributed by atoms with van der Waals surface area (Å²) in [7, 11) is 0. The SMILES string of the molecule is Nc1ncc(I)cc1[C@H](N)C(F)(F)F. The van der Waals surface area contributed by atoms with Crippen molar-refractivity contribution in [3.8, 4) is 0 Å². The van der Waals surface area contributed by atoms with E-state index >= 15 is 0 Å². The maximum atomic E-state index is 12.2. The summed E-state index contributed by atoms with van der Waals surface area (Å²) in [5.74, 6) is -0.185. The van der Waals surface area contributed by atoms with E-state index in [1.165, 1.54) is 12.3 Å². The van der Waals surface area contributed by atoms with Gasteiger partial charge in [-0.05, 0) is 28.7 Å². The molecule has 0 fully saturated rings. The zero-order valence-electron chi connectivity index (χ0n) is 6.85. The fourth-order valence-electron chi connectivity index (χ4n) is 0.891. The molecule has 3 nitrogen and oxygen atoms in total. The number of halogens is 4. The molecular weight excluding hydrogens is 310 g/mol. The van der Waals surface area contributed by atoms with Crippen LogP contribution in [-0.4, -0.2) is 11.2 Å². The first-order valence-electron chi connectivity index (χ1n) is 3.55. The minimum Gasteiger partial charge on any atom is -0.383 e. The summed E-state index contributed by atoms with van der Waals surface area (Å²) in [5.41, 5.74) is 10.1. The highest BCUT2D eigenvalue weighted by Gasteiger charge is 2.39. The van der Waals surface area contributed by atoms with Gasteiger partial charge in [0.2, 0.25) is 0 Å². The number of pyridine rings is 1. The zero-order chi connectivity index (χ0) is 10.9. The van der Waals surface area contributed by atoms with Gasteiger partial charge in [0.15, 0.2) is 0 Å². The molecular formula is C7H7F3IN3. The highest BCUT2D eigenvalue weighted by Crippen LogP contribution is 2.32. The Morgan fingerprint density at radius 3 is 2.50 bits per heavy atom. The van der Waals surface area contributed by atoms with Gasteiger partial charge in [0.05, 0.1) is 0 Å². The Hall–Kier alpha value is -0.570. The second-order valence-electron chi connectivity index (χ2n) is 2.65. The largest absolute Gasteiger partial charge is 0.407 e. The van der Waals surface area contributed by atoms with Crippen LogP contribution < -0.4 is 11.5 Å². The Morgan fingerprint density at radius 2 is 2.00 bits per heavy atom. The molecule has 0 bridgehead atoms. The zero-order valence-corrected chi connectivity index (χ0v) is 9.00. The molecule has 1 atom stereocenters. The van der Waals surface area contributed by atoms with Crippen molar-refractivity contribution in [3.05, 3.63) is 21.4 Å². The van der Waals surface area contributed by atoms with Gasteiger partial charge in [-0.3, -0.25) is 0 Å². The minimum absolute atomic E-state index is 0.185. The van der Waals surface area contributed by atoms with Gasteiger partial charge in [0, 0.05) is 15.3 Å². The highest BCUT2D eigenvalue weighted by atomic mass is 127. The van der Waals surface area contributed by atoms with E-state index in [0.29, 0.717) is 3.57 Å². The molecule has 0 saturated heterocycles. The molecule has 1 aromatic rings. The molecule has 4 N–H and O–H groups in total. The second-order valence-corrected chi connectivity index (χ2v) is 3.89. The second kappa shape index (κ2) is 3.89. The van der Waals surface area contributed by atoms with Crippen LogP contribution in [0.25, 0.3) is 0 Å². The molecule has 1 aromatic heterocycles. The molecule has 78 valence electrons. The molecule has 0 aliphatic heterocycles. The van der Waals surface area contributed by atoms with Gasteiger partial charge in [0.25, 0.3) is 0 Å². The standard InChI is InChI=1S/C7H7F3IN3/c8-7(9,10)5(12)4-1-3(11)2-14-6(4)13/h1-2,5H,12H2,(H2,13,14)/t5-/m0/s1. The first-order valence-corrected chi connectivity index (χ1v) is 4.63. The number of hydrogen-bond acceptors (Lipinski definition) is 3. The predicted octanol–water partition coefficient (Wildman–Crippen LogP) is 1.83. The van der Waals surface area contributed by atoms with Crippen LogP contribution in [0.4, 0.5) is 19.0 Å². The minimum atomic E-state index is -4.50. The topological polar surface area (TPSA) is 64.9 Å². The maximum absolute atomic E-state index is 12.2. The molecule has 7 heteroatoms. The first kappa shape index (κ1) is 11.5. The molecule has 0 spiro atoms. The first-order chi connectivity index (χ1) is 6.32. The molecule has 0 aliphatic rings. The van der Waals surface area contributed by atoms with Crippen LogP contribution in [-0.2, 0) is 0 Å². The van der Waals surface area contributed by atoms with Gasteiger partial charge in [0.1, 0.15) is 11.9 Å². The van der Waals surface area contributed by atoms with Crippen molar-refractivity contribution < 1.29 is 13.2 Å². The van der Waals surface area contributed by atoms with Crippen LogP contribution in [0.15, 0.2) is 12.3 Å². The Balaban J connectivity index is 3.12. The summed E-state index contributed by atoms with van der Waals surface area (Å²) >= 11 is 1.84. The van der Waals surface area contributed by atoms with E-state index in [2.05, 4.69) is 4.98 Å². The fourth-order valence-corrected chi connectivity index (χ4v) is 1.37. The summed E-state index contributed by atoms with van der Waals surface area (Å²) in [4.78, 5) is 3.60. The molecule has 0 saturated carbocycles. The molecule has 0 radical (unpaired) electrons. The molecule has 1 rings (SSSR count). The molecule has 0 unspecified atom stereocenters. The van der Waals surface area contributed by atoms with E-state index in [1.807, 2.05) is 22.6 Å². The van der Waals surface area contributed by atoms with Gasteiger partial charge in [-0.2, -0.15) is 13.2 Å². The quantitative estimate of drug-likeness (QED) is 0.777. The third-order valence-electron chi connectivity index (χ3n) is 1.60. The Morgan fingerprint density at radius 1 is 1.43 bits per heavy atom. The molecule has 0 amide bonds. The van der Waals surface area contributed by atoms with Crippen molar-refractivity contribution in [1.82, 2.24) is 4.98 Å². The van der Waals surface area contributed by atoms with Crippen LogP contribution in [0, 0.1) is 3.57 Å². The van der Waals surface area contributed by atoms with Gasteiger partial charge < -0.3 is 11.5 Å². The monoisotopic (exact) mass is 317 g/mol. The highest BCUT2D eigenvalue weighted by molar-refractivity contribution is 14.1. The average molecular weight is 317 g/mol. The fraction of sp³-hybridized carbons (Fsp3) is 0.286. The van der Waals surface area contributed by atoms with Crippen molar-refractivity contribution in [1.29, 1.82) is 0 Å². The van der Waals surface area contributed by atoms with Gasteiger partial charge in [-0.15, -0.1) is 0 Å². The van der Waals surface area contributed by atoms with E-state index in [4.69, 9.17) is 11.5 Å². The van der Waals surface area contributed by atoms with Crippen LogP contribution in [0.5, 0.6) is 0 Å². The van der Waals surface area contributed by atoms with Crippen molar-refractivity contribution in [2.24, 2.45) is 5.73 Å². The lowest BCUT2D eigenvalue weighted by Gasteiger charge is -2.17. The summed E-state index contributed by atoms with van der Waals surface area (Å²) in [6.45, 7) is 0.